The molecule has 360 valence electrons. The summed E-state index contributed by atoms with van der Waals surface area (Å²) in [7, 11) is 5.94. The monoisotopic (exact) mass is 955 g/mol. The van der Waals surface area contributed by atoms with Gasteiger partial charge in [0.2, 0.25) is 23.6 Å². The Labute approximate surface area is 395 Å². The van der Waals surface area contributed by atoms with Crippen molar-refractivity contribution in [3.63, 3.8) is 0 Å². The summed E-state index contributed by atoms with van der Waals surface area (Å²) in [5, 5.41) is 17.3. The van der Waals surface area contributed by atoms with Gasteiger partial charge in [0.1, 0.15) is 40.7 Å². The predicted octanol–water partition coefficient (Wildman–Crippen LogP) is 5.54. The van der Waals surface area contributed by atoms with Gasteiger partial charge < -0.3 is 49.6 Å². The van der Waals surface area contributed by atoms with E-state index in [1.54, 1.807) is 57.3 Å². The number of methoxy groups -OCH3 is 2. The number of fused-ring (bicyclic) bond motifs is 5. The van der Waals surface area contributed by atoms with Crippen LogP contribution in [0.1, 0.15) is 83.1 Å². The average Bonchev–Trinajstić information content (AvgIpc) is 3.96. The molecule has 1 unspecified atom stereocenters. The normalized spacial score (nSPS) is 27.4. The maximum atomic E-state index is 14.3. The Morgan fingerprint density at radius 1 is 1.17 bits per heavy atom. The van der Waals surface area contributed by atoms with E-state index >= 15 is 0 Å². The molecule has 17 nitrogen and oxygen atoms in total. The number of carbonyl (C=O) groups excluding carboxylic acids is 6. The SMILES string of the molecule is COc1cc2cc(c1Cl)N(C)C(=O)C[C@H](OC(=O)[C@H](C)N(C)C(=O)CCC(C)(C)SCC(=O)Nc1ccc(C(N)=O)cc1)[C@]1(C)O[C@H]1[C@H](C)C1C[C@@](O)(NC(=O)O1)[C@H](OC)/C=C/C=C(\C)C2. The zero-order valence-electron chi connectivity index (χ0n) is 39.1. The lowest BCUT2D eigenvalue weighted by Crippen LogP contribution is -2.63. The van der Waals surface area contributed by atoms with Crippen molar-refractivity contribution in [3.8, 4) is 5.75 Å². The van der Waals surface area contributed by atoms with Crippen molar-refractivity contribution in [2.24, 2.45) is 11.7 Å². The number of aliphatic hydroxyl groups is 1. The molecule has 4 bridgehead atoms. The van der Waals surface area contributed by atoms with Gasteiger partial charge in [0, 0.05) is 56.0 Å². The Bertz CT molecular complexity index is 2240. The molecular formula is C47H62ClN5O12S. The van der Waals surface area contributed by atoms with E-state index in [4.69, 9.17) is 41.0 Å². The van der Waals surface area contributed by atoms with Crippen LogP contribution in [0.3, 0.4) is 0 Å². The van der Waals surface area contributed by atoms with E-state index in [1.807, 2.05) is 26.8 Å². The summed E-state index contributed by atoms with van der Waals surface area (Å²) in [4.78, 5) is 81.7. The maximum Gasteiger partial charge on any atom is 0.409 e. The van der Waals surface area contributed by atoms with Crippen LogP contribution < -0.4 is 26.0 Å². The first kappa shape index (κ1) is 51.8. The molecule has 19 heteroatoms. The Morgan fingerprint density at radius 2 is 1.85 bits per heavy atom. The number of esters is 1. The molecule has 8 atom stereocenters. The van der Waals surface area contributed by atoms with Crippen molar-refractivity contribution in [2.45, 2.75) is 120 Å². The molecule has 0 saturated carbocycles. The highest BCUT2D eigenvalue weighted by Crippen LogP contribution is 2.49. The molecule has 3 aliphatic heterocycles. The molecule has 3 heterocycles. The number of amides is 5. The molecule has 2 saturated heterocycles. The van der Waals surface area contributed by atoms with E-state index < -0.39 is 76.3 Å². The van der Waals surface area contributed by atoms with Gasteiger partial charge in [-0.15, -0.1) is 11.8 Å². The minimum absolute atomic E-state index is 0.0527. The zero-order valence-corrected chi connectivity index (χ0v) is 40.7. The van der Waals surface area contributed by atoms with Crippen LogP contribution in [-0.2, 0) is 44.5 Å². The molecule has 5 amide bonds. The first-order valence-corrected chi connectivity index (χ1v) is 23.0. The third-order valence-corrected chi connectivity index (χ3v) is 14.3. The number of nitrogens with one attached hydrogen (secondary N) is 2. The first-order valence-electron chi connectivity index (χ1n) is 21.6. The lowest BCUT2D eigenvalue weighted by atomic mass is 9.83. The molecule has 2 fully saturated rings. The number of carbonyl (C=O) groups is 6. The van der Waals surface area contributed by atoms with Gasteiger partial charge in [-0.2, -0.15) is 0 Å². The summed E-state index contributed by atoms with van der Waals surface area (Å²) in [5.41, 5.74) is 5.02. The molecular weight excluding hydrogens is 894 g/mol. The van der Waals surface area contributed by atoms with Gasteiger partial charge in [0.25, 0.3) is 0 Å². The van der Waals surface area contributed by atoms with E-state index in [2.05, 4.69) is 10.6 Å². The van der Waals surface area contributed by atoms with Gasteiger partial charge in [-0.3, -0.25) is 24.5 Å². The molecule has 0 radical (unpaired) electrons. The first-order chi connectivity index (χ1) is 30.9. The van der Waals surface area contributed by atoms with Crippen LogP contribution in [0.15, 0.2) is 60.2 Å². The lowest BCUT2D eigenvalue weighted by molar-refractivity contribution is -0.162. The number of hydrogen-bond donors (Lipinski definition) is 4. The van der Waals surface area contributed by atoms with Gasteiger partial charge in [0.05, 0.1) is 31.1 Å². The van der Waals surface area contributed by atoms with Crippen LogP contribution in [0.4, 0.5) is 16.2 Å². The highest BCUT2D eigenvalue weighted by Gasteiger charge is 2.64. The Morgan fingerprint density at radius 3 is 2.48 bits per heavy atom. The number of alkyl carbamates (subject to hydrolysis) is 1. The van der Waals surface area contributed by atoms with Gasteiger partial charge >= 0.3 is 12.1 Å². The number of epoxide rings is 1. The predicted molar refractivity (Wildman–Crippen MR) is 250 cm³/mol. The van der Waals surface area contributed by atoms with Crippen molar-refractivity contribution < 1.29 is 57.6 Å². The van der Waals surface area contributed by atoms with Crippen molar-refractivity contribution in [2.75, 3.05) is 44.3 Å². The van der Waals surface area contributed by atoms with E-state index in [9.17, 15) is 33.9 Å². The third kappa shape index (κ3) is 12.4. The van der Waals surface area contributed by atoms with E-state index in [0.717, 1.165) is 11.1 Å². The van der Waals surface area contributed by atoms with Gasteiger partial charge in [-0.05, 0) is 75.6 Å². The summed E-state index contributed by atoms with van der Waals surface area (Å²) in [6, 6.07) is 8.68. The second-order valence-corrected chi connectivity index (χ2v) is 20.0. The fourth-order valence-electron chi connectivity index (χ4n) is 8.05. The summed E-state index contributed by atoms with van der Waals surface area (Å²) in [5.74, 6) is -2.58. The summed E-state index contributed by atoms with van der Waals surface area (Å²) in [6.45, 7) is 10.7. The Balaban J connectivity index is 1.34. The van der Waals surface area contributed by atoms with Crippen LogP contribution in [0.5, 0.6) is 5.75 Å². The number of rotatable bonds is 13. The number of nitrogens with two attached hydrogens (primary N) is 1. The molecule has 2 aromatic rings. The van der Waals surface area contributed by atoms with Crippen LogP contribution in [0.25, 0.3) is 0 Å². The lowest BCUT2D eigenvalue weighted by Gasteiger charge is -2.42. The van der Waals surface area contributed by atoms with E-state index in [-0.39, 0.29) is 41.9 Å². The Hall–Kier alpha value is -5.14. The van der Waals surface area contributed by atoms with Gasteiger partial charge in [-0.1, -0.05) is 56.2 Å². The largest absolute Gasteiger partial charge is 0.495 e. The summed E-state index contributed by atoms with van der Waals surface area (Å²) >= 11 is 8.17. The smallest absolute Gasteiger partial charge is 0.409 e. The van der Waals surface area contributed by atoms with Gasteiger partial charge in [-0.25, -0.2) is 9.59 Å². The fourth-order valence-corrected chi connectivity index (χ4v) is 9.20. The number of nitrogens with zero attached hydrogens (tertiary/aromatic N) is 2. The number of benzene rings is 2. The second-order valence-electron chi connectivity index (χ2n) is 17.9. The molecule has 2 aromatic carbocycles. The molecule has 3 aliphatic rings. The van der Waals surface area contributed by atoms with Crippen LogP contribution in [0, 0.1) is 5.92 Å². The van der Waals surface area contributed by atoms with Crippen molar-refractivity contribution >= 4 is 70.4 Å². The maximum absolute atomic E-state index is 14.3. The fraction of sp³-hybridized carbons (Fsp3) is 0.532. The van der Waals surface area contributed by atoms with Gasteiger partial charge in [0.15, 0.2) is 5.72 Å². The van der Waals surface area contributed by atoms with Crippen molar-refractivity contribution in [1.82, 2.24) is 10.2 Å². The third-order valence-electron chi connectivity index (χ3n) is 12.5. The summed E-state index contributed by atoms with van der Waals surface area (Å²) < 4.78 is 28.9. The number of halogens is 1. The minimum Gasteiger partial charge on any atom is -0.495 e. The number of allylic oxidation sites excluding steroid dienone is 3. The van der Waals surface area contributed by atoms with Crippen LogP contribution in [0.2, 0.25) is 5.02 Å². The van der Waals surface area contributed by atoms with E-state index in [0.29, 0.717) is 35.5 Å². The highest BCUT2D eigenvalue weighted by atomic mass is 35.5. The molecule has 66 heavy (non-hydrogen) atoms. The number of primary amides is 1. The van der Waals surface area contributed by atoms with E-state index in [1.165, 1.54) is 61.9 Å². The van der Waals surface area contributed by atoms with Crippen molar-refractivity contribution in [3.05, 3.63) is 76.3 Å². The standard InChI is InChI=1S/C47H62ClN5O12S/c1-26-12-11-13-35(62-10)47(60)24-34(63-44(59)51-47)27(2)41-46(6,65-41)36(23-39(56)53(8)32-21-29(20-26)22-33(61-9)40(32)48)64-43(58)28(3)52(7)38(55)18-19-45(4,5)66-25-37(54)50-31-16-14-30(15-17-31)42(49)57/h11-17,21-22,27-28,34-36,41,60H,18-20,23-25H2,1-10H3,(H2,49,57)(H,50,54)(H,51,59)/b13-11+,26-12+/t27-,28+,34?,35-,36+,41+,46+,47+/m1/s1. The summed E-state index contributed by atoms with van der Waals surface area (Å²) in [6.07, 6.45) is 0.982. The molecule has 0 aromatic heterocycles. The molecule has 0 aliphatic carbocycles. The molecule has 5 rings (SSSR count). The number of anilines is 2. The molecule has 5 N–H and O–H groups in total. The van der Waals surface area contributed by atoms with Crippen LogP contribution in [-0.4, -0.2) is 126 Å². The molecule has 0 spiro atoms. The number of ether oxygens (including phenoxy) is 5. The number of thioether (sulfide) groups is 1. The van der Waals surface area contributed by atoms with Crippen LogP contribution >= 0.6 is 23.4 Å². The topological polar surface area (TPSA) is 229 Å². The number of likely N-dealkylation sites (N-methyl/N-ethyl adjacent to an activating group) is 1. The highest BCUT2D eigenvalue weighted by molar-refractivity contribution is 8.01. The zero-order chi connectivity index (χ0) is 48.9. The Kier molecular flexibility index (Phi) is 16.7. The minimum atomic E-state index is -1.86. The second kappa shape index (κ2) is 21.2. The van der Waals surface area contributed by atoms with Crippen molar-refractivity contribution in [1.29, 1.82) is 0 Å². The number of hydrogen-bond acceptors (Lipinski definition) is 13. The quantitative estimate of drug-likeness (QED) is 0.143. The average molecular weight is 957 g/mol.